The predicted molar refractivity (Wildman–Crippen MR) is 141 cm³/mol. The number of anilines is 1. The summed E-state index contributed by atoms with van der Waals surface area (Å²) in [4.78, 5) is 27.9. The molecule has 2 aromatic heterocycles. The molecule has 0 aliphatic rings. The Morgan fingerprint density at radius 3 is 2.56 bits per heavy atom. The predicted octanol–water partition coefficient (Wildman–Crippen LogP) is 3.66. The average molecular weight is 485 g/mol. The van der Waals surface area contributed by atoms with E-state index < -0.39 is 5.91 Å². The van der Waals surface area contributed by atoms with Gasteiger partial charge in [0.2, 0.25) is 0 Å². The molecule has 0 aliphatic carbocycles. The number of hydrogen-bond acceptors (Lipinski definition) is 5. The summed E-state index contributed by atoms with van der Waals surface area (Å²) < 4.78 is 16.1. The average Bonchev–Trinajstić information content (AvgIpc) is 3.15. The molecule has 4 N–H and O–H groups in total. The standard InChI is InChI=1S/C19H14FNO.C8H11N5O/c1-3-13-6-5-7-14-12-16(4-2)21(19(22)18(13)14)17-10-8-15(20)9-11-17;1-3-4-11-8-5(7(10)14)6(9)12-13(8)2/h1,5-12H,4H2,2H3;3-4H,1H2,2H3,(H2,9,12)(H2,10,14)/b;11-4-. The minimum atomic E-state index is -0.646. The van der Waals surface area contributed by atoms with Crippen LogP contribution in [0.5, 0.6) is 0 Å². The van der Waals surface area contributed by atoms with Gasteiger partial charge in [0, 0.05) is 30.2 Å². The molecule has 0 saturated heterocycles. The second-order valence-electron chi connectivity index (χ2n) is 7.61. The summed E-state index contributed by atoms with van der Waals surface area (Å²) in [5.41, 5.74) is 12.6. The van der Waals surface area contributed by atoms with Crippen LogP contribution in [-0.4, -0.2) is 26.5 Å². The Bertz CT molecular complexity index is 1570. The van der Waals surface area contributed by atoms with Crippen molar-refractivity contribution in [1.82, 2.24) is 14.3 Å². The van der Waals surface area contributed by atoms with E-state index in [-0.39, 0.29) is 22.8 Å². The molecule has 2 aromatic carbocycles. The number of pyridine rings is 1. The van der Waals surface area contributed by atoms with Crippen molar-refractivity contribution in [2.24, 2.45) is 17.8 Å². The number of allylic oxidation sites excluding steroid dienone is 1. The lowest BCUT2D eigenvalue weighted by atomic mass is 10.0. The normalized spacial score (nSPS) is 10.6. The molecular formula is C27H25FN6O2. The minimum absolute atomic E-state index is 0.0798. The largest absolute Gasteiger partial charge is 0.381 e. The molecule has 0 fully saturated rings. The Morgan fingerprint density at radius 1 is 1.28 bits per heavy atom. The molecule has 0 saturated carbocycles. The van der Waals surface area contributed by atoms with E-state index in [1.54, 1.807) is 29.8 Å². The molecule has 0 radical (unpaired) electrons. The molecule has 1 amide bonds. The fraction of sp³-hybridized carbons (Fsp3) is 0.111. The number of aromatic nitrogens is 3. The highest BCUT2D eigenvalue weighted by Gasteiger charge is 2.17. The summed E-state index contributed by atoms with van der Waals surface area (Å²) in [7, 11) is 1.62. The summed E-state index contributed by atoms with van der Waals surface area (Å²) in [6, 6.07) is 13.3. The fourth-order valence-electron chi connectivity index (χ4n) is 3.71. The third-order valence-corrected chi connectivity index (χ3v) is 5.32. The number of fused-ring (bicyclic) bond motifs is 1. The van der Waals surface area contributed by atoms with E-state index in [0.717, 1.165) is 11.1 Å². The minimum Gasteiger partial charge on any atom is -0.381 e. The maximum absolute atomic E-state index is 13.1. The van der Waals surface area contributed by atoms with Crippen molar-refractivity contribution in [3.8, 4) is 18.0 Å². The van der Waals surface area contributed by atoms with Crippen LogP contribution in [0.15, 0.2) is 71.0 Å². The van der Waals surface area contributed by atoms with Gasteiger partial charge in [0.25, 0.3) is 11.5 Å². The van der Waals surface area contributed by atoms with Crippen LogP contribution in [-0.2, 0) is 13.5 Å². The number of nitrogens with zero attached hydrogens (tertiary/aromatic N) is 4. The van der Waals surface area contributed by atoms with Crippen molar-refractivity contribution in [3.05, 3.63) is 94.2 Å². The number of nitrogens with two attached hydrogens (primary N) is 2. The molecule has 182 valence electrons. The third-order valence-electron chi connectivity index (χ3n) is 5.32. The fourth-order valence-corrected chi connectivity index (χ4v) is 3.71. The number of nitrogen functional groups attached to an aromatic ring is 1. The molecule has 4 rings (SSSR count). The summed E-state index contributed by atoms with van der Waals surface area (Å²) in [6.45, 7) is 5.44. The molecule has 9 heteroatoms. The van der Waals surface area contributed by atoms with Crippen LogP contribution in [0.3, 0.4) is 0 Å². The lowest BCUT2D eigenvalue weighted by Crippen LogP contribution is -2.22. The van der Waals surface area contributed by atoms with E-state index in [1.807, 2.05) is 25.1 Å². The van der Waals surface area contributed by atoms with Crippen molar-refractivity contribution >= 4 is 34.5 Å². The zero-order valence-electron chi connectivity index (χ0n) is 19.9. The Balaban J connectivity index is 0.000000223. The van der Waals surface area contributed by atoms with Gasteiger partial charge in [0.1, 0.15) is 11.4 Å². The zero-order valence-corrected chi connectivity index (χ0v) is 19.9. The van der Waals surface area contributed by atoms with E-state index in [4.69, 9.17) is 17.9 Å². The number of carbonyl (C=O) groups excluding carboxylic acids is 1. The number of terminal acetylenes is 1. The van der Waals surface area contributed by atoms with Crippen LogP contribution >= 0.6 is 0 Å². The van der Waals surface area contributed by atoms with Gasteiger partial charge in [-0.15, -0.1) is 6.42 Å². The van der Waals surface area contributed by atoms with Gasteiger partial charge in [-0.25, -0.2) is 14.1 Å². The van der Waals surface area contributed by atoms with E-state index in [9.17, 15) is 14.0 Å². The van der Waals surface area contributed by atoms with Gasteiger partial charge in [-0.1, -0.05) is 37.6 Å². The van der Waals surface area contributed by atoms with Crippen molar-refractivity contribution in [1.29, 1.82) is 0 Å². The van der Waals surface area contributed by atoms with Crippen LogP contribution in [0.2, 0.25) is 0 Å². The second-order valence-corrected chi connectivity index (χ2v) is 7.61. The number of halogens is 1. The van der Waals surface area contributed by atoms with Gasteiger partial charge < -0.3 is 11.5 Å². The number of benzene rings is 2. The van der Waals surface area contributed by atoms with Gasteiger partial charge in [-0.3, -0.25) is 14.2 Å². The molecule has 0 unspecified atom stereocenters. The first kappa shape index (κ1) is 25.6. The highest BCUT2D eigenvalue weighted by molar-refractivity contribution is 6.02. The quantitative estimate of drug-likeness (QED) is 0.332. The molecular weight excluding hydrogens is 459 g/mol. The Labute approximate surface area is 207 Å². The first-order valence-electron chi connectivity index (χ1n) is 10.9. The Kier molecular flexibility index (Phi) is 7.82. The zero-order chi connectivity index (χ0) is 26.4. The summed E-state index contributed by atoms with van der Waals surface area (Å²) in [5, 5.41) is 5.18. The number of amides is 1. The number of aryl methyl sites for hydroxylation is 2. The first-order valence-corrected chi connectivity index (χ1v) is 10.9. The SMILES string of the molecule is C#Cc1cccc2cc(CC)n(-c3ccc(F)cc3)c(=O)c12.C=C/C=N\c1c(C(N)=O)c(N)nn1C. The van der Waals surface area contributed by atoms with E-state index in [1.165, 1.54) is 29.1 Å². The van der Waals surface area contributed by atoms with Crippen molar-refractivity contribution < 1.29 is 9.18 Å². The number of primary amides is 1. The second kappa shape index (κ2) is 11.0. The number of rotatable bonds is 5. The third kappa shape index (κ3) is 5.08. The molecule has 36 heavy (non-hydrogen) atoms. The molecule has 0 atom stereocenters. The van der Waals surface area contributed by atoms with Crippen molar-refractivity contribution in [3.63, 3.8) is 0 Å². The van der Waals surface area contributed by atoms with Crippen molar-refractivity contribution in [2.45, 2.75) is 13.3 Å². The number of aliphatic imine (C=N–C) groups is 1. The molecule has 0 aliphatic heterocycles. The maximum Gasteiger partial charge on any atom is 0.264 e. The monoisotopic (exact) mass is 484 g/mol. The van der Waals surface area contributed by atoms with Crippen LogP contribution in [0.4, 0.5) is 16.0 Å². The first-order chi connectivity index (χ1) is 17.2. The molecule has 0 spiro atoms. The van der Waals surface area contributed by atoms with Gasteiger partial charge >= 0.3 is 0 Å². The van der Waals surface area contributed by atoms with Crippen LogP contribution in [0.25, 0.3) is 16.5 Å². The molecule has 8 nitrogen and oxygen atoms in total. The topological polar surface area (TPSA) is 121 Å². The van der Waals surface area contributed by atoms with Crippen LogP contribution in [0.1, 0.15) is 28.5 Å². The van der Waals surface area contributed by atoms with Crippen LogP contribution in [0, 0.1) is 18.2 Å². The van der Waals surface area contributed by atoms with Gasteiger partial charge in [-0.05, 0) is 48.2 Å². The smallest absolute Gasteiger partial charge is 0.264 e. The van der Waals surface area contributed by atoms with E-state index in [0.29, 0.717) is 28.9 Å². The van der Waals surface area contributed by atoms with Crippen molar-refractivity contribution in [2.75, 3.05) is 5.73 Å². The highest BCUT2D eigenvalue weighted by atomic mass is 19.1. The number of carbonyl (C=O) groups is 1. The summed E-state index contributed by atoms with van der Waals surface area (Å²) >= 11 is 0. The Hall–Kier alpha value is -4.97. The van der Waals surface area contributed by atoms with Crippen LogP contribution < -0.4 is 17.0 Å². The lowest BCUT2D eigenvalue weighted by molar-refractivity contribution is 0.100. The lowest BCUT2D eigenvalue weighted by Gasteiger charge is -2.14. The number of hydrogen-bond donors (Lipinski definition) is 2. The Morgan fingerprint density at radius 2 is 1.97 bits per heavy atom. The van der Waals surface area contributed by atoms with Gasteiger partial charge in [-0.2, -0.15) is 5.10 Å². The van der Waals surface area contributed by atoms with Gasteiger partial charge in [0.05, 0.1) is 5.39 Å². The van der Waals surface area contributed by atoms with E-state index in [2.05, 4.69) is 22.6 Å². The van der Waals surface area contributed by atoms with Gasteiger partial charge in [0.15, 0.2) is 11.6 Å². The maximum atomic E-state index is 13.1. The van der Waals surface area contributed by atoms with E-state index >= 15 is 0 Å². The highest BCUT2D eigenvalue weighted by Crippen LogP contribution is 2.23. The summed E-state index contributed by atoms with van der Waals surface area (Å²) in [6.07, 6.45) is 9.11. The molecule has 2 heterocycles. The molecule has 4 aromatic rings. The molecule has 0 bridgehead atoms. The summed E-state index contributed by atoms with van der Waals surface area (Å²) in [5.74, 6) is 1.99.